The Morgan fingerprint density at radius 1 is 0.875 bits per heavy atom. The molecule has 0 aliphatic rings. The average molecular weight is 231 g/mol. The van der Waals surface area contributed by atoms with Gasteiger partial charge in [0.05, 0.1) is 0 Å². The zero-order chi connectivity index (χ0) is 11.4. The lowest BCUT2D eigenvalue weighted by Crippen LogP contribution is -2.11. The molecule has 2 nitrogen and oxygen atoms in total. The molecule has 80 valence electrons. The second-order valence-electron chi connectivity index (χ2n) is 3.41. The van der Waals surface area contributed by atoms with Gasteiger partial charge in [-0.3, -0.25) is 0 Å². The van der Waals surface area contributed by atoms with Crippen molar-refractivity contribution in [2.24, 2.45) is 10.2 Å². The van der Waals surface area contributed by atoms with E-state index in [9.17, 15) is 0 Å². The van der Waals surface area contributed by atoms with E-state index in [4.69, 9.17) is 17.5 Å². The molecule has 2 N–H and O–H groups in total. The third-order valence-electron chi connectivity index (χ3n) is 2.38. The fourth-order valence-electron chi connectivity index (χ4n) is 1.51. The molecule has 0 spiro atoms. The topological polar surface area (TPSA) is 38.4 Å². The Kier molecular flexibility index (Phi) is 3.22. The summed E-state index contributed by atoms with van der Waals surface area (Å²) < 4.78 is 3.43. The predicted molar refractivity (Wildman–Crippen MR) is 68.5 cm³/mol. The Balaban J connectivity index is 2.34. The number of hydrogen-bond acceptors (Lipinski definition) is 1. The fraction of sp³-hybridized carbons (Fsp3) is 0. The number of nitrogens with zero attached hydrogens (tertiary/aromatic N) is 1. The van der Waals surface area contributed by atoms with Gasteiger partial charge in [-0.15, -0.1) is 0 Å². The summed E-state index contributed by atoms with van der Waals surface area (Å²) in [6.45, 7) is 0. The zero-order valence-corrected chi connectivity index (χ0v) is 9.35. The summed E-state index contributed by atoms with van der Waals surface area (Å²) in [7, 11) is 0. The van der Waals surface area contributed by atoms with Crippen LogP contribution in [0.3, 0.4) is 0 Å². The first-order valence-electron chi connectivity index (χ1n) is 4.91. The first-order chi connectivity index (χ1) is 7.81. The molecule has 0 aliphatic heterocycles. The molecule has 0 heterocycles. The lowest BCUT2D eigenvalue weighted by Gasteiger charge is -2.03. The highest BCUT2D eigenvalue weighted by Gasteiger charge is 1.99. The molecule has 0 aliphatic carbocycles. The van der Waals surface area contributed by atoms with Crippen LogP contribution < -0.4 is 5.73 Å². The molecule has 2 aromatic rings. The average Bonchev–Trinajstić information content (AvgIpc) is 2.39. The molecular weight excluding hydrogens is 220 g/mol. The fourth-order valence-corrected chi connectivity index (χ4v) is 1.61. The second-order valence-corrected chi connectivity index (χ2v) is 3.58. The Bertz CT molecular complexity index is 489. The van der Waals surface area contributed by atoms with Gasteiger partial charge in [0.15, 0.2) is 0 Å². The first kappa shape index (κ1) is 10.7. The van der Waals surface area contributed by atoms with E-state index in [-0.39, 0.29) is 0 Å². The van der Waals surface area contributed by atoms with Crippen LogP contribution in [0.5, 0.6) is 0 Å². The van der Waals surface area contributed by atoms with Gasteiger partial charge in [-0.2, -0.15) is 4.51 Å². The van der Waals surface area contributed by atoms with E-state index in [0.29, 0.717) is 5.84 Å². The summed E-state index contributed by atoms with van der Waals surface area (Å²) in [5.74, 6) is 0.335. The number of amidine groups is 1. The van der Waals surface area contributed by atoms with E-state index in [1.54, 1.807) is 0 Å². The van der Waals surface area contributed by atoms with Crippen LogP contribution in [0, 0.1) is 0 Å². The molecule has 0 bridgehead atoms. The van der Waals surface area contributed by atoms with Crippen LogP contribution in [0.2, 0.25) is 0 Å². The van der Waals surface area contributed by atoms with Crippen LogP contribution in [0.15, 0.2) is 59.1 Å². The van der Waals surface area contributed by atoms with E-state index in [2.05, 4.69) is 16.6 Å². The molecule has 0 saturated carbocycles. The zero-order valence-electron chi connectivity index (χ0n) is 8.60. The lowest BCUT2D eigenvalue weighted by atomic mass is 10.0. The minimum Gasteiger partial charge on any atom is -0.382 e. The summed E-state index contributed by atoms with van der Waals surface area (Å²) in [4.78, 5) is 0. The Morgan fingerprint density at radius 2 is 1.44 bits per heavy atom. The normalized spacial score (nSPS) is 11.4. The van der Waals surface area contributed by atoms with Crippen molar-refractivity contribution in [3.8, 4) is 11.1 Å². The van der Waals surface area contributed by atoms with Crippen molar-refractivity contribution in [3.05, 3.63) is 60.2 Å². The van der Waals surface area contributed by atoms with Crippen LogP contribution in [0.4, 0.5) is 0 Å². The molecular formula is C13H11ClN2. The maximum Gasteiger partial charge on any atom is 0.145 e. The minimum absolute atomic E-state index is 0.335. The highest BCUT2D eigenvalue weighted by molar-refractivity contribution is 6.22. The van der Waals surface area contributed by atoms with Gasteiger partial charge in [-0.05, 0) is 11.1 Å². The maximum absolute atomic E-state index is 5.60. The molecule has 0 fully saturated rings. The van der Waals surface area contributed by atoms with Crippen molar-refractivity contribution in [1.82, 2.24) is 0 Å². The van der Waals surface area contributed by atoms with Crippen molar-refractivity contribution >= 4 is 17.6 Å². The van der Waals surface area contributed by atoms with Gasteiger partial charge >= 0.3 is 0 Å². The SMILES string of the molecule is N/C(=N\Cl)c1ccc(-c2ccccc2)cc1. The van der Waals surface area contributed by atoms with E-state index in [0.717, 1.165) is 11.1 Å². The minimum atomic E-state index is 0.335. The molecule has 3 heteroatoms. The van der Waals surface area contributed by atoms with Crippen LogP contribution in [-0.4, -0.2) is 5.84 Å². The standard InChI is InChI=1S/C13H11ClN2/c14-16-13(15)12-8-6-11(7-9-12)10-4-2-1-3-5-10/h1-9H,(H2,15,16). The first-order valence-corrected chi connectivity index (χ1v) is 5.25. The summed E-state index contributed by atoms with van der Waals surface area (Å²) in [6, 6.07) is 18.0. The number of benzene rings is 2. The van der Waals surface area contributed by atoms with Gasteiger partial charge in [-0.25, -0.2) is 0 Å². The van der Waals surface area contributed by atoms with Crippen LogP contribution >= 0.6 is 11.8 Å². The van der Waals surface area contributed by atoms with Crippen molar-refractivity contribution in [1.29, 1.82) is 0 Å². The number of rotatable bonds is 2. The maximum atomic E-state index is 5.60. The molecule has 16 heavy (non-hydrogen) atoms. The summed E-state index contributed by atoms with van der Waals surface area (Å²) >= 11 is 5.31. The largest absolute Gasteiger partial charge is 0.382 e. The Hall–Kier alpha value is -1.80. The van der Waals surface area contributed by atoms with E-state index >= 15 is 0 Å². The predicted octanol–water partition coefficient (Wildman–Crippen LogP) is 3.21. The molecule has 0 amide bonds. The van der Waals surface area contributed by atoms with Crippen molar-refractivity contribution in [2.45, 2.75) is 0 Å². The van der Waals surface area contributed by atoms with Crippen molar-refractivity contribution in [3.63, 3.8) is 0 Å². The van der Waals surface area contributed by atoms with Crippen molar-refractivity contribution in [2.75, 3.05) is 0 Å². The van der Waals surface area contributed by atoms with E-state index in [1.807, 2.05) is 42.5 Å². The van der Waals surface area contributed by atoms with Crippen LogP contribution in [-0.2, 0) is 0 Å². The van der Waals surface area contributed by atoms with Gasteiger partial charge < -0.3 is 5.73 Å². The molecule has 0 radical (unpaired) electrons. The van der Waals surface area contributed by atoms with Gasteiger partial charge in [0.2, 0.25) is 0 Å². The number of halogens is 1. The highest BCUT2D eigenvalue weighted by Crippen LogP contribution is 2.19. The van der Waals surface area contributed by atoms with Crippen LogP contribution in [0.25, 0.3) is 11.1 Å². The number of hydrogen-bond donors (Lipinski definition) is 1. The Labute approximate surface area is 99.5 Å². The second kappa shape index (κ2) is 4.81. The molecule has 0 saturated heterocycles. The summed E-state index contributed by atoms with van der Waals surface area (Å²) in [5, 5.41) is 0. The molecule has 0 unspecified atom stereocenters. The van der Waals surface area contributed by atoms with E-state index in [1.165, 1.54) is 5.56 Å². The molecule has 2 rings (SSSR count). The molecule has 0 aromatic heterocycles. The monoisotopic (exact) mass is 230 g/mol. The Morgan fingerprint density at radius 3 is 2.00 bits per heavy atom. The van der Waals surface area contributed by atoms with Gasteiger partial charge in [-0.1, -0.05) is 54.6 Å². The third-order valence-corrected chi connectivity index (χ3v) is 2.56. The highest BCUT2D eigenvalue weighted by atomic mass is 35.5. The van der Waals surface area contributed by atoms with Crippen molar-refractivity contribution < 1.29 is 0 Å². The molecule has 0 atom stereocenters. The quantitative estimate of drug-likeness (QED) is 0.625. The van der Waals surface area contributed by atoms with Gasteiger partial charge in [0.25, 0.3) is 0 Å². The molecule has 2 aromatic carbocycles. The smallest absolute Gasteiger partial charge is 0.145 e. The van der Waals surface area contributed by atoms with E-state index < -0.39 is 0 Å². The van der Waals surface area contributed by atoms with Crippen LogP contribution in [0.1, 0.15) is 5.56 Å². The van der Waals surface area contributed by atoms with Gasteiger partial charge in [0, 0.05) is 17.3 Å². The summed E-state index contributed by atoms with van der Waals surface area (Å²) in [5.41, 5.74) is 8.75. The number of nitrogens with two attached hydrogens (primary N) is 1. The van der Waals surface area contributed by atoms with Gasteiger partial charge in [0.1, 0.15) is 5.84 Å². The third kappa shape index (κ3) is 2.23. The summed E-state index contributed by atoms with van der Waals surface area (Å²) in [6.07, 6.45) is 0. The lowest BCUT2D eigenvalue weighted by molar-refractivity contribution is 1.54.